The summed E-state index contributed by atoms with van der Waals surface area (Å²) < 4.78 is 6.61. The van der Waals surface area contributed by atoms with Crippen LogP contribution in [0.5, 0.6) is 5.75 Å². The summed E-state index contributed by atoms with van der Waals surface area (Å²) in [6.45, 7) is -0.0853. The van der Waals surface area contributed by atoms with Crippen molar-refractivity contribution in [3.63, 3.8) is 0 Å². The van der Waals surface area contributed by atoms with E-state index in [0.29, 0.717) is 11.0 Å². The zero-order chi connectivity index (χ0) is 27.1. The maximum Gasteiger partial charge on any atom is 0.305 e. The highest BCUT2D eigenvalue weighted by Crippen LogP contribution is 2.29. The number of nitro groups is 1. The molecule has 0 bridgehead atoms. The van der Waals surface area contributed by atoms with E-state index in [1.807, 2.05) is 0 Å². The second kappa shape index (κ2) is 11.5. The highest BCUT2D eigenvalue weighted by molar-refractivity contribution is 6.43. The standard InChI is InChI=1S/C25H21N7O6/c1-38-16-9-10-19(22(13-16)32(36)37)28-25(35)21(29-30-23(33)15-31-11-5-2-6-12-31)14-20-24(34)27-18-8-4-3-7-17(18)26-20/h2-13H,14-15H2,1H3,(H2-,27,28,30,33,34,35)/p+1. The van der Waals surface area contributed by atoms with Crippen LogP contribution >= 0.6 is 0 Å². The van der Waals surface area contributed by atoms with Gasteiger partial charge in [0.15, 0.2) is 12.4 Å². The number of pyridine rings is 1. The molecule has 0 aliphatic carbocycles. The fourth-order valence-electron chi connectivity index (χ4n) is 3.48. The zero-order valence-electron chi connectivity index (χ0n) is 20.1. The first-order valence-corrected chi connectivity index (χ1v) is 11.2. The largest absolute Gasteiger partial charge is 0.496 e. The number of nitro benzene ring substituents is 1. The molecule has 4 aromatic rings. The Kier molecular flexibility index (Phi) is 7.77. The Bertz CT molecular complexity index is 1600. The van der Waals surface area contributed by atoms with E-state index >= 15 is 0 Å². The third kappa shape index (κ3) is 6.20. The van der Waals surface area contributed by atoms with Gasteiger partial charge in [0, 0.05) is 18.6 Å². The first-order valence-electron chi connectivity index (χ1n) is 11.2. The molecule has 2 amide bonds. The lowest BCUT2D eigenvalue weighted by atomic mass is 10.1. The van der Waals surface area contributed by atoms with Gasteiger partial charge in [0.2, 0.25) is 6.54 Å². The molecule has 38 heavy (non-hydrogen) atoms. The molecule has 0 saturated heterocycles. The lowest BCUT2D eigenvalue weighted by Gasteiger charge is -2.10. The van der Waals surface area contributed by atoms with Crippen molar-refractivity contribution in [2.45, 2.75) is 13.0 Å². The predicted octanol–water partition coefficient (Wildman–Crippen LogP) is 1.48. The molecule has 4 rings (SSSR count). The van der Waals surface area contributed by atoms with E-state index in [0.717, 1.165) is 6.07 Å². The normalized spacial score (nSPS) is 11.1. The molecule has 2 aromatic heterocycles. The lowest BCUT2D eigenvalue weighted by molar-refractivity contribution is -0.684. The third-order valence-electron chi connectivity index (χ3n) is 5.34. The van der Waals surface area contributed by atoms with Crippen LogP contribution in [0.2, 0.25) is 0 Å². The van der Waals surface area contributed by atoms with Crippen molar-refractivity contribution in [2.24, 2.45) is 5.10 Å². The van der Waals surface area contributed by atoms with Crippen LogP contribution in [-0.4, -0.2) is 39.5 Å². The number of hydrazone groups is 1. The number of benzene rings is 2. The summed E-state index contributed by atoms with van der Waals surface area (Å²) >= 11 is 0. The number of anilines is 1. The zero-order valence-corrected chi connectivity index (χ0v) is 20.1. The monoisotopic (exact) mass is 516 g/mol. The smallest absolute Gasteiger partial charge is 0.305 e. The number of nitrogens with one attached hydrogen (secondary N) is 3. The van der Waals surface area contributed by atoms with E-state index < -0.39 is 28.0 Å². The Balaban J connectivity index is 1.64. The van der Waals surface area contributed by atoms with Gasteiger partial charge in [0.25, 0.3) is 17.2 Å². The van der Waals surface area contributed by atoms with Crippen molar-refractivity contribution >= 4 is 39.9 Å². The van der Waals surface area contributed by atoms with Gasteiger partial charge in [-0.05, 0) is 24.3 Å². The van der Waals surface area contributed by atoms with Crippen molar-refractivity contribution in [1.82, 2.24) is 15.4 Å². The number of aromatic amines is 1. The van der Waals surface area contributed by atoms with E-state index in [1.165, 1.54) is 19.2 Å². The topological polar surface area (TPSA) is 173 Å². The SMILES string of the molecule is COc1ccc(NC(=O)/C(Cc2nc3ccccc3[nH]c2=O)=N/NC(=O)C[n+]2ccccc2)c([N+](=O)[O-])c1. The van der Waals surface area contributed by atoms with Gasteiger partial charge in [0.05, 0.1) is 29.1 Å². The number of fused-ring (bicyclic) bond motifs is 1. The van der Waals surface area contributed by atoms with Gasteiger partial charge in [-0.3, -0.25) is 24.5 Å². The molecule has 2 aromatic carbocycles. The first-order chi connectivity index (χ1) is 18.3. The minimum absolute atomic E-state index is 0.0338. The number of nitrogens with zero attached hydrogens (tertiary/aromatic N) is 4. The van der Waals surface area contributed by atoms with E-state index in [1.54, 1.807) is 59.4 Å². The van der Waals surface area contributed by atoms with Crippen LogP contribution in [0.1, 0.15) is 5.69 Å². The fourth-order valence-corrected chi connectivity index (χ4v) is 3.48. The highest BCUT2D eigenvalue weighted by atomic mass is 16.6. The van der Waals surface area contributed by atoms with Crippen molar-refractivity contribution in [3.8, 4) is 5.75 Å². The third-order valence-corrected chi connectivity index (χ3v) is 5.34. The quantitative estimate of drug-likeness (QED) is 0.131. The van der Waals surface area contributed by atoms with Gasteiger partial charge >= 0.3 is 5.91 Å². The average molecular weight is 516 g/mol. The van der Waals surface area contributed by atoms with Gasteiger partial charge in [-0.15, -0.1) is 0 Å². The first kappa shape index (κ1) is 25.6. The summed E-state index contributed by atoms with van der Waals surface area (Å²) in [4.78, 5) is 56.2. The number of rotatable bonds is 9. The number of carbonyl (C=O) groups excluding carboxylic acids is 2. The van der Waals surface area contributed by atoms with E-state index in [2.05, 4.69) is 25.8 Å². The van der Waals surface area contributed by atoms with Gasteiger partial charge in [-0.2, -0.15) is 9.67 Å². The lowest BCUT2D eigenvalue weighted by Crippen LogP contribution is -2.41. The molecule has 0 atom stereocenters. The van der Waals surface area contributed by atoms with Crippen LogP contribution in [0.25, 0.3) is 11.0 Å². The van der Waals surface area contributed by atoms with E-state index in [4.69, 9.17) is 4.74 Å². The van der Waals surface area contributed by atoms with Crippen LogP contribution < -0.4 is 25.6 Å². The summed E-state index contributed by atoms with van der Waals surface area (Å²) in [6.07, 6.45) is 2.99. The Hall–Kier alpha value is -5.46. The van der Waals surface area contributed by atoms with Crippen LogP contribution in [0, 0.1) is 10.1 Å². The minimum atomic E-state index is -0.875. The number of hydrogen-bond donors (Lipinski definition) is 3. The molecular formula is C25H22N7O6+. The van der Waals surface area contributed by atoms with Crippen LogP contribution in [0.3, 0.4) is 0 Å². The summed E-state index contributed by atoms with van der Waals surface area (Å²) in [5.41, 5.74) is 1.87. The predicted molar refractivity (Wildman–Crippen MR) is 137 cm³/mol. The minimum Gasteiger partial charge on any atom is -0.496 e. The number of ether oxygens (including phenoxy) is 1. The summed E-state index contributed by atoms with van der Waals surface area (Å²) in [5, 5.41) is 17.9. The van der Waals surface area contributed by atoms with Crippen LogP contribution in [0.15, 0.2) is 83.0 Å². The molecule has 0 aliphatic heterocycles. The fraction of sp³-hybridized carbons (Fsp3) is 0.120. The second-order valence-electron chi connectivity index (χ2n) is 7.94. The van der Waals surface area contributed by atoms with Crippen molar-refractivity contribution in [1.29, 1.82) is 0 Å². The number of carbonyl (C=O) groups is 2. The average Bonchev–Trinajstić information content (AvgIpc) is 2.91. The molecule has 2 heterocycles. The molecule has 0 aliphatic rings. The number of para-hydroxylation sites is 2. The van der Waals surface area contributed by atoms with Crippen molar-refractivity contribution in [3.05, 3.63) is 99.2 Å². The van der Waals surface area contributed by atoms with Crippen molar-refractivity contribution < 1.29 is 23.8 Å². The van der Waals surface area contributed by atoms with Crippen LogP contribution in [-0.2, 0) is 22.6 Å². The highest BCUT2D eigenvalue weighted by Gasteiger charge is 2.22. The maximum absolute atomic E-state index is 13.2. The summed E-state index contributed by atoms with van der Waals surface area (Å²) in [5.74, 6) is -1.19. The number of methoxy groups -OCH3 is 1. The number of H-pyrrole nitrogens is 1. The number of hydrogen-bond acceptors (Lipinski definition) is 8. The Morgan fingerprint density at radius 1 is 1.13 bits per heavy atom. The molecule has 0 spiro atoms. The van der Waals surface area contributed by atoms with Gasteiger partial charge in [0.1, 0.15) is 22.8 Å². The Morgan fingerprint density at radius 2 is 1.89 bits per heavy atom. The molecule has 0 fully saturated rings. The van der Waals surface area contributed by atoms with E-state index in [-0.39, 0.29) is 35.8 Å². The van der Waals surface area contributed by atoms with Gasteiger partial charge in [-0.25, -0.2) is 10.4 Å². The number of aromatic nitrogens is 3. The van der Waals surface area contributed by atoms with Gasteiger partial charge < -0.3 is 15.0 Å². The second-order valence-corrected chi connectivity index (χ2v) is 7.94. The van der Waals surface area contributed by atoms with E-state index in [9.17, 15) is 24.5 Å². The number of amides is 2. The Labute approximate surface area is 215 Å². The Morgan fingerprint density at radius 3 is 2.63 bits per heavy atom. The van der Waals surface area contributed by atoms with Crippen molar-refractivity contribution in [2.75, 3.05) is 12.4 Å². The summed E-state index contributed by atoms with van der Waals surface area (Å²) in [7, 11) is 1.35. The molecule has 3 N–H and O–H groups in total. The van der Waals surface area contributed by atoms with Gasteiger partial charge in [-0.1, -0.05) is 18.2 Å². The maximum atomic E-state index is 13.2. The molecule has 13 nitrogen and oxygen atoms in total. The molecular weight excluding hydrogens is 494 g/mol. The summed E-state index contributed by atoms with van der Waals surface area (Å²) in [6, 6.07) is 16.0. The molecule has 0 saturated carbocycles. The molecule has 13 heteroatoms. The molecule has 0 unspecified atom stereocenters. The molecule has 192 valence electrons. The molecule has 0 radical (unpaired) electrons. The van der Waals surface area contributed by atoms with Crippen LogP contribution in [0.4, 0.5) is 11.4 Å².